The van der Waals surface area contributed by atoms with Gasteiger partial charge in [-0.1, -0.05) is 35.5 Å². The average molecular weight is 403 g/mol. The number of carbonyl (C=O) groups excluding carboxylic acids is 2. The molecule has 3 rings (SSSR count). The zero-order valence-electron chi connectivity index (χ0n) is 15.8. The van der Waals surface area contributed by atoms with Gasteiger partial charge in [-0.15, -0.1) is 0 Å². The highest BCUT2D eigenvalue weighted by Crippen LogP contribution is 2.30. The molecular formula is C19H21N3O5S. The van der Waals surface area contributed by atoms with Gasteiger partial charge in [0.25, 0.3) is 0 Å². The van der Waals surface area contributed by atoms with E-state index in [0.717, 1.165) is 5.56 Å². The van der Waals surface area contributed by atoms with E-state index in [-0.39, 0.29) is 24.6 Å². The molecule has 1 aliphatic heterocycles. The van der Waals surface area contributed by atoms with Crippen LogP contribution in [0, 0.1) is 6.92 Å². The van der Waals surface area contributed by atoms with Crippen LogP contribution in [-0.4, -0.2) is 31.5 Å². The van der Waals surface area contributed by atoms with Crippen LogP contribution in [0.2, 0.25) is 0 Å². The number of allylic oxidation sites excluding steroid dienone is 1. The molecule has 1 unspecified atom stereocenters. The Morgan fingerprint density at radius 2 is 2.07 bits per heavy atom. The minimum Gasteiger partial charge on any atom is -0.456 e. The number of aromatic nitrogens is 1. The van der Waals surface area contributed by atoms with Crippen LogP contribution >= 0.6 is 0 Å². The molecule has 28 heavy (non-hydrogen) atoms. The number of hydrogen-bond donors (Lipinski definition) is 1. The first kappa shape index (κ1) is 19.8. The number of β-lactam (4-membered cyclic amide) rings is 1. The fraction of sp³-hybridized carbons (Fsp3) is 0.316. The van der Waals surface area contributed by atoms with Gasteiger partial charge >= 0.3 is 5.97 Å². The molecule has 0 bridgehead atoms. The molecular weight excluding hydrogens is 382 g/mol. The molecule has 1 N–H and O–H groups in total. The van der Waals surface area contributed by atoms with E-state index in [0.29, 0.717) is 17.2 Å². The number of rotatable bonds is 7. The molecule has 0 spiro atoms. The lowest BCUT2D eigenvalue weighted by molar-refractivity contribution is -0.150. The monoisotopic (exact) mass is 403 g/mol. The van der Waals surface area contributed by atoms with Gasteiger partial charge in [0.1, 0.15) is 34.4 Å². The number of aryl methyl sites for hydroxylation is 1. The average Bonchev–Trinajstić information content (AvgIpc) is 3.07. The molecule has 2 aromatic rings. The molecule has 8 nitrogen and oxygen atoms in total. The van der Waals surface area contributed by atoms with Crippen LogP contribution in [0.3, 0.4) is 0 Å². The molecule has 0 radical (unpaired) electrons. The number of anilines is 1. The highest BCUT2D eigenvalue weighted by Gasteiger charge is 2.45. The fourth-order valence-corrected chi connectivity index (χ4v) is 3.89. The number of hydrogen-bond acceptors (Lipinski definition) is 6. The van der Waals surface area contributed by atoms with Gasteiger partial charge in [0, 0.05) is 6.07 Å². The van der Waals surface area contributed by atoms with E-state index in [1.165, 1.54) is 4.90 Å². The third-order valence-electron chi connectivity index (χ3n) is 4.11. The predicted octanol–water partition coefficient (Wildman–Crippen LogP) is 2.65. The van der Waals surface area contributed by atoms with Gasteiger partial charge in [-0.25, -0.2) is 9.00 Å². The second kappa shape index (κ2) is 8.39. The Morgan fingerprint density at radius 3 is 2.64 bits per heavy atom. The summed E-state index contributed by atoms with van der Waals surface area (Å²) in [6, 6.07) is 10.8. The van der Waals surface area contributed by atoms with Gasteiger partial charge in [-0.2, -0.15) is 0 Å². The SMILES string of the molecule is CC(C)=C(C(=O)OCc1ccccc1)N1C(=O)C[C@H]1S(=O)Nc1cc(C)on1. The molecule has 1 amide bonds. The number of ether oxygens (including phenoxy) is 1. The Kier molecular flexibility index (Phi) is 5.93. The molecule has 9 heteroatoms. The summed E-state index contributed by atoms with van der Waals surface area (Å²) < 4.78 is 25.6. The van der Waals surface area contributed by atoms with Gasteiger partial charge in [0.15, 0.2) is 5.82 Å². The molecule has 1 aliphatic rings. The molecule has 1 fully saturated rings. The van der Waals surface area contributed by atoms with Crippen LogP contribution in [-0.2, 0) is 31.9 Å². The van der Waals surface area contributed by atoms with Crippen molar-refractivity contribution in [2.24, 2.45) is 0 Å². The predicted molar refractivity (Wildman–Crippen MR) is 103 cm³/mol. The van der Waals surface area contributed by atoms with Crippen molar-refractivity contribution in [3.8, 4) is 0 Å². The van der Waals surface area contributed by atoms with Crippen molar-refractivity contribution in [2.45, 2.75) is 39.2 Å². The quantitative estimate of drug-likeness (QED) is 0.433. The number of esters is 1. The molecule has 1 aromatic heterocycles. The lowest BCUT2D eigenvalue weighted by Gasteiger charge is -2.40. The zero-order chi connectivity index (χ0) is 20.3. The summed E-state index contributed by atoms with van der Waals surface area (Å²) >= 11 is 0. The van der Waals surface area contributed by atoms with Gasteiger partial charge in [-0.05, 0) is 31.9 Å². The first-order chi connectivity index (χ1) is 13.4. The molecule has 0 aliphatic carbocycles. The first-order valence-electron chi connectivity index (χ1n) is 8.68. The molecule has 2 heterocycles. The maximum atomic E-state index is 12.6. The summed E-state index contributed by atoms with van der Waals surface area (Å²) in [6.07, 6.45) is 0.0548. The summed E-state index contributed by atoms with van der Waals surface area (Å²) in [5.41, 5.74) is 1.55. The molecule has 2 atom stereocenters. The summed E-state index contributed by atoms with van der Waals surface area (Å²) in [7, 11) is -1.67. The highest BCUT2D eigenvalue weighted by molar-refractivity contribution is 7.87. The Hall–Kier alpha value is -2.94. The second-order valence-corrected chi connectivity index (χ2v) is 7.90. The Bertz CT molecular complexity index is 934. The van der Waals surface area contributed by atoms with Gasteiger partial charge in [0.2, 0.25) is 5.91 Å². The van der Waals surface area contributed by atoms with Crippen LogP contribution in [0.5, 0.6) is 0 Å². The number of likely N-dealkylation sites (tertiary alicyclic amines) is 1. The number of carbonyl (C=O) groups is 2. The minimum atomic E-state index is -1.67. The van der Waals surface area contributed by atoms with Crippen LogP contribution in [0.1, 0.15) is 31.6 Å². The van der Waals surface area contributed by atoms with Gasteiger partial charge in [-0.3, -0.25) is 14.4 Å². The smallest absolute Gasteiger partial charge is 0.355 e. The zero-order valence-corrected chi connectivity index (χ0v) is 16.6. The van der Waals surface area contributed by atoms with E-state index >= 15 is 0 Å². The Morgan fingerprint density at radius 1 is 1.36 bits per heavy atom. The van der Waals surface area contributed by atoms with Crippen molar-refractivity contribution in [3.63, 3.8) is 0 Å². The molecule has 1 aromatic carbocycles. The van der Waals surface area contributed by atoms with E-state index in [4.69, 9.17) is 9.26 Å². The minimum absolute atomic E-state index is 0.0548. The number of amides is 1. The van der Waals surface area contributed by atoms with E-state index < -0.39 is 22.3 Å². The topological polar surface area (TPSA) is 102 Å². The summed E-state index contributed by atoms with van der Waals surface area (Å²) in [5, 5.41) is 3.04. The first-order valence-corrected chi connectivity index (χ1v) is 9.89. The van der Waals surface area contributed by atoms with E-state index in [9.17, 15) is 13.8 Å². The third kappa shape index (κ3) is 4.30. The number of nitrogens with one attached hydrogen (secondary N) is 1. The van der Waals surface area contributed by atoms with Crippen molar-refractivity contribution in [3.05, 3.63) is 59.0 Å². The largest absolute Gasteiger partial charge is 0.456 e. The standard InChI is InChI=1S/C19H21N3O5S/c1-12(2)18(19(24)26-11-14-7-5-4-6-8-14)22-16(23)10-17(22)28(25)21-15-9-13(3)27-20-15/h4-9,17H,10-11H2,1-3H3,(H,20,21)/t17-,28?/m1/s1. The van der Waals surface area contributed by atoms with Gasteiger partial charge in [0.05, 0.1) is 6.42 Å². The summed E-state index contributed by atoms with van der Waals surface area (Å²) in [4.78, 5) is 26.1. The molecule has 148 valence electrons. The van der Waals surface area contributed by atoms with Crippen molar-refractivity contribution in [2.75, 3.05) is 4.72 Å². The lowest BCUT2D eigenvalue weighted by atomic mass is 10.1. The summed E-state index contributed by atoms with van der Waals surface area (Å²) in [5.74, 6) is -0.0448. The maximum Gasteiger partial charge on any atom is 0.355 e. The normalized spacial score (nSPS) is 16.9. The van der Waals surface area contributed by atoms with Crippen LogP contribution in [0.25, 0.3) is 0 Å². The van der Waals surface area contributed by atoms with Crippen LogP contribution in [0.4, 0.5) is 5.82 Å². The third-order valence-corrected chi connectivity index (χ3v) is 5.39. The van der Waals surface area contributed by atoms with Crippen molar-refractivity contribution >= 4 is 28.7 Å². The molecule has 0 saturated carbocycles. The maximum absolute atomic E-state index is 12.6. The summed E-state index contributed by atoms with van der Waals surface area (Å²) in [6.45, 7) is 5.21. The van der Waals surface area contributed by atoms with Gasteiger partial charge < -0.3 is 9.26 Å². The Labute approximate surface area is 165 Å². The Balaban J connectivity index is 1.71. The van der Waals surface area contributed by atoms with Crippen molar-refractivity contribution in [1.29, 1.82) is 0 Å². The van der Waals surface area contributed by atoms with Crippen LogP contribution < -0.4 is 4.72 Å². The van der Waals surface area contributed by atoms with Crippen molar-refractivity contribution in [1.82, 2.24) is 10.1 Å². The number of benzene rings is 1. The second-order valence-electron chi connectivity index (χ2n) is 6.56. The van der Waals surface area contributed by atoms with E-state index in [1.807, 2.05) is 30.3 Å². The molecule has 1 saturated heterocycles. The van der Waals surface area contributed by atoms with E-state index in [2.05, 4.69) is 9.88 Å². The lowest BCUT2D eigenvalue weighted by Crippen LogP contribution is -2.56. The van der Waals surface area contributed by atoms with E-state index in [1.54, 1.807) is 26.8 Å². The van der Waals surface area contributed by atoms with Crippen molar-refractivity contribution < 1.29 is 23.1 Å². The fourth-order valence-electron chi connectivity index (χ4n) is 2.75. The van der Waals surface area contributed by atoms with Crippen LogP contribution in [0.15, 0.2) is 52.2 Å². The number of nitrogens with zero attached hydrogens (tertiary/aromatic N) is 2. The highest BCUT2D eigenvalue weighted by atomic mass is 32.2.